The summed E-state index contributed by atoms with van der Waals surface area (Å²) in [5, 5.41) is 7.69. The first-order valence-corrected chi connectivity index (χ1v) is 12.9. The van der Waals surface area contributed by atoms with Crippen LogP contribution in [0.2, 0.25) is 0 Å². The van der Waals surface area contributed by atoms with Crippen molar-refractivity contribution in [2.24, 2.45) is 0 Å². The van der Waals surface area contributed by atoms with Gasteiger partial charge in [0.25, 0.3) is 0 Å². The van der Waals surface area contributed by atoms with E-state index in [1.165, 1.54) is 65.7 Å². The average molecular weight is 471 g/mol. The minimum absolute atomic E-state index is 0.968. The fraction of sp³-hybridized carbons (Fsp3) is 0.0270. The average Bonchev–Trinajstić information content (AvgIpc) is 3.26. The molecular formula is C37H26. The van der Waals surface area contributed by atoms with Crippen LogP contribution >= 0.6 is 0 Å². The molecule has 0 nitrogen and oxygen atoms in total. The number of allylic oxidation sites excluding steroid dienone is 6. The molecule has 0 unspecified atom stereocenters. The zero-order chi connectivity index (χ0) is 24.6. The third kappa shape index (κ3) is 3.79. The maximum atomic E-state index is 2.33. The third-order valence-corrected chi connectivity index (χ3v) is 7.47. The maximum absolute atomic E-state index is 2.33. The lowest BCUT2D eigenvalue weighted by molar-refractivity contribution is 1.40. The summed E-state index contributed by atoms with van der Waals surface area (Å²) in [4.78, 5) is 0. The number of hydrogen-bond acceptors (Lipinski definition) is 0. The SMILES string of the molecule is C1=CCC=C(c2ccc(-c3c4ccccc4c(-c4ccc5ccccc5c4)c4ccccc34)cc2)C=C1. The molecule has 0 saturated carbocycles. The molecule has 0 bridgehead atoms. The summed E-state index contributed by atoms with van der Waals surface area (Å²) >= 11 is 0. The molecule has 6 aromatic rings. The standard InChI is InChI=1S/C37H26/c1-2-4-12-26(11-3-1)28-19-22-29(23-20-28)36-32-15-7-9-17-34(32)37(35-18-10-8-16-33(35)36)31-24-21-27-13-5-6-14-30(27)25-31/h1-3,5-25H,4H2. The van der Waals surface area contributed by atoms with Crippen LogP contribution in [0.25, 0.3) is 60.1 Å². The van der Waals surface area contributed by atoms with Crippen LogP contribution in [0.4, 0.5) is 0 Å². The normalized spacial score (nSPS) is 13.2. The smallest absolute Gasteiger partial charge is 0.00262 e. The highest BCUT2D eigenvalue weighted by molar-refractivity contribution is 6.21. The molecule has 0 aliphatic heterocycles. The van der Waals surface area contributed by atoms with E-state index in [1.807, 2.05) is 0 Å². The van der Waals surface area contributed by atoms with E-state index < -0.39 is 0 Å². The van der Waals surface area contributed by atoms with E-state index >= 15 is 0 Å². The molecule has 0 saturated heterocycles. The van der Waals surface area contributed by atoms with Crippen LogP contribution < -0.4 is 0 Å². The van der Waals surface area contributed by atoms with Gasteiger partial charge in [0.05, 0.1) is 0 Å². The Hall–Kier alpha value is -4.68. The molecule has 0 aromatic heterocycles. The van der Waals surface area contributed by atoms with Crippen LogP contribution in [-0.4, -0.2) is 0 Å². The van der Waals surface area contributed by atoms with Gasteiger partial charge in [-0.2, -0.15) is 0 Å². The number of rotatable bonds is 3. The molecular weight excluding hydrogens is 444 g/mol. The second kappa shape index (κ2) is 9.08. The van der Waals surface area contributed by atoms with E-state index in [0.29, 0.717) is 0 Å². The molecule has 0 atom stereocenters. The van der Waals surface area contributed by atoms with Crippen molar-refractivity contribution in [1.29, 1.82) is 0 Å². The van der Waals surface area contributed by atoms with Gasteiger partial charge in [-0.15, -0.1) is 0 Å². The van der Waals surface area contributed by atoms with Crippen molar-refractivity contribution in [3.63, 3.8) is 0 Å². The summed E-state index contributed by atoms with van der Waals surface area (Å²) in [7, 11) is 0. The summed E-state index contributed by atoms with van der Waals surface area (Å²) < 4.78 is 0. The first-order valence-electron chi connectivity index (χ1n) is 12.9. The Balaban J connectivity index is 1.47. The predicted octanol–water partition coefficient (Wildman–Crippen LogP) is 10.4. The van der Waals surface area contributed by atoms with Gasteiger partial charge in [0, 0.05) is 0 Å². The van der Waals surface area contributed by atoms with E-state index in [-0.39, 0.29) is 0 Å². The van der Waals surface area contributed by atoms with Crippen molar-refractivity contribution in [2.75, 3.05) is 0 Å². The zero-order valence-corrected chi connectivity index (χ0v) is 20.6. The minimum Gasteiger partial charge on any atom is -0.0807 e. The first-order chi connectivity index (χ1) is 18.4. The summed E-state index contributed by atoms with van der Waals surface area (Å²) in [5.74, 6) is 0. The Morgan fingerprint density at radius 2 is 0.973 bits per heavy atom. The molecule has 37 heavy (non-hydrogen) atoms. The van der Waals surface area contributed by atoms with E-state index in [1.54, 1.807) is 0 Å². The van der Waals surface area contributed by atoms with Gasteiger partial charge < -0.3 is 0 Å². The Labute approximate surface area is 217 Å². The van der Waals surface area contributed by atoms with E-state index in [9.17, 15) is 0 Å². The van der Waals surface area contributed by atoms with Gasteiger partial charge >= 0.3 is 0 Å². The molecule has 6 aromatic carbocycles. The molecule has 0 amide bonds. The van der Waals surface area contributed by atoms with Gasteiger partial charge in [-0.3, -0.25) is 0 Å². The van der Waals surface area contributed by atoms with Gasteiger partial charge in [-0.1, -0.05) is 140 Å². The zero-order valence-electron chi connectivity index (χ0n) is 20.6. The molecule has 0 fully saturated rings. The Morgan fingerprint density at radius 3 is 1.65 bits per heavy atom. The van der Waals surface area contributed by atoms with Crippen LogP contribution in [0.1, 0.15) is 12.0 Å². The highest BCUT2D eigenvalue weighted by atomic mass is 14.2. The monoisotopic (exact) mass is 470 g/mol. The third-order valence-electron chi connectivity index (χ3n) is 7.47. The maximum Gasteiger partial charge on any atom is -0.00262 e. The van der Waals surface area contributed by atoms with Gasteiger partial charge in [0.2, 0.25) is 0 Å². The highest BCUT2D eigenvalue weighted by Gasteiger charge is 2.16. The lowest BCUT2D eigenvalue weighted by atomic mass is 9.85. The van der Waals surface area contributed by atoms with Crippen molar-refractivity contribution < 1.29 is 0 Å². The summed E-state index contributed by atoms with van der Waals surface area (Å²) in [5.41, 5.74) is 7.64. The van der Waals surface area contributed by atoms with Crippen LogP contribution in [0.3, 0.4) is 0 Å². The highest BCUT2D eigenvalue weighted by Crippen LogP contribution is 2.44. The molecule has 7 rings (SSSR count). The predicted molar refractivity (Wildman–Crippen MR) is 161 cm³/mol. The lowest BCUT2D eigenvalue weighted by Gasteiger charge is -2.18. The van der Waals surface area contributed by atoms with Gasteiger partial charge in [0.15, 0.2) is 0 Å². The molecule has 0 heteroatoms. The minimum atomic E-state index is 0.968. The molecule has 0 heterocycles. The van der Waals surface area contributed by atoms with Crippen LogP contribution in [0.15, 0.2) is 146 Å². The Bertz CT molecular complexity index is 1820. The largest absolute Gasteiger partial charge is 0.0807 e. The van der Waals surface area contributed by atoms with Crippen LogP contribution in [0, 0.1) is 0 Å². The van der Waals surface area contributed by atoms with E-state index in [2.05, 4.69) is 146 Å². The van der Waals surface area contributed by atoms with Crippen molar-refractivity contribution in [1.82, 2.24) is 0 Å². The fourth-order valence-corrected chi connectivity index (χ4v) is 5.72. The van der Waals surface area contributed by atoms with Gasteiger partial charge in [-0.25, -0.2) is 0 Å². The van der Waals surface area contributed by atoms with Gasteiger partial charge in [0.1, 0.15) is 0 Å². The lowest BCUT2D eigenvalue weighted by Crippen LogP contribution is -1.91. The van der Waals surface area contributed by atoms with Crippen molar-refractivity contribution in [2.45, 2.75) is 6.42 Å². The van der Waals surface area contributed by atoms with Crippen molar-refractivity contribution >= 4 is 37.9 Å². The quantitative estimate of drug-likeness (QED) is 0.226. The number of fused-ring (bicyclic) bond motifs is 3. The molecule has 0 radical (unpaired) electrons. The number of benzene rings is 6. The van der Waals surface area contributed by atoms with Crippen molar-refractivity contribution in [3.8, 4) is 22.3 Å². The second-order valence-electron chi connectivity index (χ2n) is 9.66. The second-order valence-corrected chi connectivity index (χ2v) is 9.66. The molecule has 174 valence electrons. The first kappa shape index (κ1) is 21.6. The summed E-state index contributed by atoms with van der Waals surface area (Å²) in [6, 6.07) is 42.3. The topological polar surface area (TPSA) is 0 Å². The molecule has 0 spiro atoms. The molecule has 1 aliphatic carbocycles. The molecule has 1 aliphatic rings. The van der Waals surface area contributed by atoms with Crippen molar-refractivity contribution in [3.05, 3.63) is 151 Å². The molecule has 0 N–H and O–H groups in total. The van der Waals surface area contributed by atoms with Gasteiger partial charge in [-0.05, 0) is 78.2 Å². The van der Waals surface area contributed by atoms with Crippen LogP contribution in [0.5, 0.6) is 0 Å². The summed E-state index contributed by atoms with van der Waals surface area (Å²) in [6.45, 7) is 0. The summed E-state index contributed by atoms with van der Waals surface area (Å²) in [6.07, 6.45) is 11.9. The van der Waals surface area contributed by atoms with E-state index in [4.69, 9.17) is 0 Å². The fourth-order valence-electron chi connectivity index (χ4n) is 5.72. The number of hydrogen-bond donors (Lipinski definition) is 0. The van der Waals surface area contributed by atoms with Crippen LogP contribution in [-0.2, 0) is 0 Å². The Kier molecular flexibility index (Phi) is 5.30. The Morgan fingerprint density at radius 1 is 0.432 bits per heavy atom. The van der Waals surface area contributed by atoms with E-state index in [0.717, 1.165) is 6.42 Å².